The van der Waals surface area contributed by atoms with Crippen molar-refractivity contribution in [2.24, 2.45) is 0 Å². The van der Waals surface area contributed by atoms with Gasteiger partial charge in [0.2, 0.25) is 5.76 Å². The number of hydrogen-bond donors (Lipinski definition) is 1. The van der Waals surface area contributed by atoms with Crippen LogP contribution in [0.1, 0.15) is 46.0 Å². The van der Waals surface area contributed by atoms with Gasteiger partial charge in [-0.3, -0.25) is 0 Å². The van der Waals surface area contributed by atoms with Crippen molar-refractivity contribution >= 4 is 16.9 Å². The Bertz CT molecular complexity index is 709. The summed E-state index contributed by atoms with van der Waals surface area (Å²) < 4.78 is 44.3. The molecule has 0 amide bonds. The number of fused-ring (bicyclic) bond motifs is 1. The Hall–Kier alpha value is -1.98. The summed E-state index contributed by atoms with van der Waals surface area (Å²) >= 11 is 0. The van der Waals surface area contributed by atoms with Crippen LogP contribution in [-0.2, 0) is 6.18 Å². The maximum absolute atomic E-state index is 13.1. The van der Waals surface area contributed by atoms with Crippen LogP contribution in [-0.4, -0.2) is 11.1 Å². The standard InChI is InChI=1S/C14H11F3O3/c1-6-9-4-8(7-2-3-7)5-10(14(15,16)17)12(9)20-11(6)13(18)19/h4-5,7H,2-3H2,1H3,(H,18,19). The van der Waals surface area contributed by atoms with Crippen LogP contribution in [0.4, 0.5) is 13.2 Å². The van der Waals surface area contributed by atoms with Gasteiger partial charge in [0, 0.05) is 10.9 Å². The fourth-order valence-corrected chi connectivity index (χ4v) is 2.41. The molecule has 0 atom stereocenters. The van der Waals surface area contributed by atoms with Gasteiger partial charge in [0.25, 0.3) is 0 Å². The highest BCUT2D eigenvalue weighted by molar-refractivity contribution is 5.96. The Balaban J connectivity index is 2.34. The first-order valence-corrected chi connectivity index (χ1v) is 6.16. The fourth-order valence-electron chi connectivity index (χ4n) is 2.41. The zero-order chi connectivity index (χ0) is 14.7. The van der Waals surface area contributed by atoms with Gasteiger partial charge in [-0.25, -0.2) is 4.79 Å². The molecule has 1 saturated carbocycles. The van der Waals surface area contributed by atoms with E-state index in [9.17, 15) is 18.0 Å². The van der Waals surface area contributed by atoms with Gasteiger partial charge in [0.05, 0.1) is 5.56 Å². The average molecular weight is 284 g/mol. The van der Waals surface area contributed by atoms with Gasteiger partial charge in [-0.1, -0.05) is 0 Å². The first-order valence-electron chi connectivity index (χ1n) is 6.16. The van der Waals surface area contributed by atoms with Crippen LogP contribution in [0.15, 0.2) is 16.5 Å². The van der Waals surface area contributed by atoms with Crippen molar-refractivity contribution < 1.29 is 27.5 Å². The quantitative estimate of drug-likeness (QED) is 0.892. The van der Waals surface area contributed by atoms with Crippen LogP contribution in [0.2, 0.25) is 0 Å². The van der Waals surface area contributed by atoms with E-state index in [0.717, 1.165) is 18.9 Å². The Kier molecular flexibility index (Phi) is 2.61. The minimum atomic E-state index is -4.57. The number of carboxylic acid groups (broad SMARTS) is 1. The molecule has 0 aliphatic heterocycles. The van der Waals surface area contributed by atoms with E-state index in [1.807, 2.05) is 0 Å². The third kappa shape index (κ3) is 1.95. The average Bonchev–Trinajstić information content (AvgIpc) is 3.12. The zero-order valence-corrected chi connectivity index (χ0v) is 10.5. The largest absolute Gasteiger partial charge is 0.475 e. The van der Waals surface area contributed by atoms with Gasteiger partial charge >= 0.3 is 12.1 Å². The molecule has 1 heterocycles. The maximum atomic E-state index is 13.1. The summed E-state index contributed by atoms with van der Waals surface area (Å²) in [5, 5.41) is 9.21. The molecule has 106 valence electrons. The highest BCUT2D eigenvalue weighted by Gasteiger charge is 2.37. The smallest absolute Gasteiger partial charge is 0.420 e. The number of halogens is 3. The molecule has 2 aromatic rings. The molecule has 1 aromatic carbocycles. The molecular formula is C14H11F3O3. The highest BCUT2D eigenvalue weighted by atomic mass is 19.4. The number of carboxylic acids is 1. The summed E-state index contributed by atoms with van der Waals surface area (Å²) in [7, 11) is 0. The Morgan fingerprint density at radius 2 is 2.00 bits per heavy atom. The van der Waals surface area contributed by atoms with Crippen molar-refractivity contribution in [3.63, 3.8) is 0 Å². The van der Waals surface area contributed by atoms with E-state index in [4.69, 9.17) is 9.52 Å². The van der Waals surface area contributed by atoms with Crippen LogP contribution in [0.5, 0.6) is 0 Å². The second kappa shape index (κ2) is 4.01. The molecule has 0 spiro atoms. The fraction of sp³-hybridized carbons (Fsp3) is 0.357. The van der Waals surface area contributed by atoms with Crippen molar-refractivity contribution in [1.82, 2.24) is 0 Å². The summed E-state index contributed by atoms with van der Waals surface area (Å²) in [6, 6.07) is 2.70. The Morgan fingerprint density at radius 1 is 1.35 bits per heavy atom. The third-order valence-electron chi connectivity index (χ3n) is 3.61. The van der Waals surface area contributed by atoms with E-state index in [0.29, 0.717) is 5.56 Å². The topological polar surface area (TPSA) is 50.4 Å². The monoisotopic (exact) mass is 284 g/mol. The SMILES string of the molecule is Cc1c(C(=O)O)oc2c(C(F)(F)F)cc(C3CC3)cc12. The summed E-state index contributed by atoms with van der Waals surface area (Å²) in [6.07, 6.45) is -2.83. The van der Waals surface area contributed by atoms with Crippen LogP contribution in [0.25, 0.3) is 11.0 Å². The summed E-state index contributed by atoms with van der Waals surface area (Å²) in [5.41, 5.74) is -0.449. The number of aryl methyl sites for hydroxylation is 1. The lowest BCUT2D eigenvalue weighted by molar-refractivity contribution is -0.136. The van der Waals surface area contributed by atoms with E-state index >= 15 is 0 Å². The summed E-state index contributed by atoms with van der Waals surface area (Å²) in [6.45, 7) is 1.46. The van der Waals surface area contributed by atoms with Gasteiger partial charge in [-0.15, -0.1) is 0 Å². The molecule has 20 heavy (non-hydrogen) atoms. The summed E-state index contributed by atoms with van der Waals surface area (Å²) in [4.78, 5) is 11.0. The first kappa shape index (κ1) is 13.0. The lowest BCUT2D eigenvalue weighted by Gasteiger charge is -2.09. The van der Waals surface area contributed by atoms with Crippen molar-refractivity contribution in [3.8, 4) is 0 Å². The minimum Gasteiger partial charge on any atom is -0.475 e. The highest BCUT2D eigenvalue weighted by Crippen LogP contribution is 2.45. The van der Waals surface area contributed by atoms with E-state index in [1.165, 1.54) is 6.92 Å². The van der Waals surface area contributed by atoms with Gasteiger partial charge in [0.15, 0.2) is 0 Å². The normalized spacial score (nSPS) is 15.8. The Morgan fingerprint density at radius 3 is 2.50 bits per heavy atom. The number of carbonyl (C=O) groups is 1. The number of hydrogen-bond acceptors (Lipinski definition) is 2. The number of furan rings is 1. The number of aromatic carboxylic acids is 1. The number of benzene rings is 1. The molecule has 1 N–H and O–H groups in total. The van der Waals surface area contributed by atoms with Gasteiger partial charge in [-0.2, -0.15) is 13.2 Å². The number of rotatable bonds is 2. The van der Waals surface area contributed by atoms with Crippen molar-refractivity contribution in [2.75, 3.05) is 0 Å². The van der Waals surface area contributed by atoms with E-state index in [2.05, 4.69) is 0 Å². The molecule has 0 unspecified atom stereocenters. The second-order valence-corrected chi connectivity index (χ2v) is 5.08. The van der Waals surface area contributed by atoms with Crippen LogP contribution in [0.3, 0.4) is 0 Å². The second-order valence-electron chi connectivity index (χ2n) is 5.08. The number of alkyl halides is 3. The molecule has 3 nitrogen and oxygen atoms in total. The molecule has 1 aromatic heterocycles. The minimum absolute atomic E-state index is 0.142. The first-order chi connectivity index (χ1) is 9.29. The Labute approximate surface area is 112 Å². The zero-order valence-electron chi connectivity index (χ0n) is 10.5. The predicted molar refractivity (Wildman–Crippen MR) is 64.9 cm³/mol. The van der Waals surface area contributed by atoms with Crippen LogP contribution >= 0.6 is 0 Å². The van der Waals surface area contributed by atoms with Gasteiger partial charge in [0.1, 0.15) is 5.58 Å². The van der Waals surface area contributed by atoms with E-state index in [1.54, 1.807) is 6.07 Å². The molecule has 1 aliphatic carbocycles. The van der Waals surface area contributed by atoms with Gasteiger partial charge in [-0.05, 0) is 43.4 Å². The van der Waals surface area contributed by atoms with E-state index in [-0.39, 0.29) is 16.9 Å². The third-order valence-corrected chi connectivity index (χ3v) is 3.61. The molecule has 1 aliphatic rings. The summed E-state index contributed by atoms with van der Waals surface area (Å²) in [5.74, 6) is -1.65. The van der Waals surface area contributed by atoms with Gasteiger partial charge < -0.3 is 9.52 Å². The predicted octanol–water partition coefficient (Wildman–Crippen LogP) is 4.34. The van der Waals surface area contributed by atoms with E-state index < -0.39 is 29.1 Å². The van der Waals surface area contributed by atoms with Crippen molar-refractivity contribution in [2.45, 2.75) is 31.9 Å². The molecule has 3 rings (SSSR count). The van der Waals surface area contributed by atoms with Crippen LogP contribution < -0.4 is 0 Å². The molecular weight excluding hydrogens is 273 g/mol. The lowest BCUT2D eigenvalue weighted by Crippen LogP contribution is -2.06. The molecule has 1 fully saturated rings. The molecule has 0 saturated heterocycles. The van der Waals surface area contributed by atoms with Crippen LogP contribution in [0, 0.1) is 6.92 Å². The molecule has 0 radical (unpaired) electrons. The molecule has 0 bridgehead atoms. The van der Waals surface area contributed by atoms with Crippen molar-refractivity contribution in [3.05, 3.63) is 34.6 Å². The lowest BCUT2D eigenvalue weighted by atomic mass is 10.0. The van der Waals surface area contributed by atoms with Crippen molar-refractivity contribution in [1.29, 1.82) is 0 Å². The maximum Gasteiger partial charge on any atom is 0.420 e. The molecule has 6 heteroatoms.